The number of methoxy groups -OCH3 is 1. The fourth-order valence-electron chi connectivity index (χ4n) is 1.41. The zero-order valence-electron chi connectivity index (χ0n) is 10.4. The van der Waals surface area contributed by atoms with Crippen LogP contribution in [0, 0.1) is 0 Å². The fourth-order valence-corrected chi connectivity index (χ4v) is 1.52. The lowest BCUT2D eigenvalue weighted by molar-refractivity contribution is -0.120. The van der Waals surface area contributed by atoms with E-state index >= 15 is 0 Å². The minimum atomic E-state index is -0.0189. The third kappa shape index (κ3) is 5.89. The Morgan fingerprint density at radius 3 is 2.61 bits per heavy atom. The quantitative estimate of drug-likeness (QED) is 0.577. The van der Waals surface area contributed by atoms with Crippen molar-refractivity contribution in [2.45, 2.75) is 6.42 Å². The van der Waals surface area contributed by atoms with E-state index < -0.39 is 0 Å². The summed E-state index contributed by atoms with van der Waals surface area (Å²) in [5.74, 6) is 1.24. The highest BCUT2D eigenvalue weighted by molar-refractivity contribution is 6.17. The molecule has 0 atom stereocenters. The van der Waals surface area contributed by atoms with Gasteiger partial charge < -0.3 is 14.8 Å². The van der Waals surface area contributed by atoms with E-state index in [9.17, 15) is 4.79 Å². The van der Waals surface area contributed by atoms with E-state index in [1.807, 2.05) is 24.3 Å². The molecule has 0 heterocycles. The average molecular weight is 272 g/mol. The molecule has 0 bridgehead atoms. The Hall–Kier alpha value is -1.26. The fraction of sp³-hybridized carbons (Fsp3) is 0.462. The molecule has 0 unspecified atom stereocenters. The van der Waals surface area contributed by atoms with Crippen LogP contribution in [0.15, 0.2) is 24.3 Å². The molecule has 1 amide bonds. The van der Waals surface area contributed by atoms with Gasteiger partial charge in [-0.2, -0.15) is 0 Å². The number of ether oxygens (including phenoxy) is 2. The number of alkyl halides is 1. The van der Waals surface area contributed by atoms with Gasteiger partial charge in [-0.25, -0.2) is 0 Å². The summed E-state index contributed by atoms with van der Waals surface area (Å²) in [5, 5.41) is 2.78. The van der Waals surface area contributed by atoms with Crippen molar-refractivity contribution in [3.63, 3.8) is 0 Å². The molecule has 0 aliphatic carbocycles. The van der Waals surface area contributed by atoms with Gasteiger partial charge >= 0.3 is 0 Å². The van der Waals surface area contributed by atoms with E-state index in [4.69, 9.17) is 21.1 Å². The number of carbonyl (C=O) groups is 1. The minimum Gasteiger partial charge on any atom is -0.497 e. The van der Waals surface area contributed by atoms with Gasteiger partial charge in [-0.05, 0) is 17.7 Å². The number of amides is 1. The van der Waals surface area contributed by atoms with E-state index in [1.54, 1.807) is 7.11 Å². The van der Waals surface area contributed by atoms with Gasteiger partial charge in [-0.15, -0.1) is 11.6 Å². The lowest BCUT2D eigenvalue weighted by Crippen LogP contribution is -2.28. The van der Waals surface area contributed by atoms with Crippen molar-refractivity contribution in [2.24, 2.45) is 0 Å². The smallest absolute Gasteiger partial charge is 0.224 e. The number of halogens is 1. The first kappa shape index (κ1) is 14.8. The van der Waals surface area contributed by atoms with E-state index in [0.717, 1.165) is 11.3 Å². The van der Waals surface area contributed by atoms with Gasteiger partial charge in [-0.1, -0.05) is 12.1 Å². The van der Waals surface area contributed by atoms with Crippen molar-refractivity contribution >= 4 is 17.5 Å². The van der Waals surface area contributed by atoms with E-state index in [1.165, 1.54) is 0 Å². The highest BCUT2D eigenvalue weighted by Crippen LogP contribution is 2.11. The van der Waals surface area contributed by atoms with Crippen LogP contribution in [0.5, 0.6) is 5.75 Å². The van der Waals surface area contributed by atoms with Crippen LogP contribution in [-0.2, 0) is 16.0 Å². The molecule has 0 radical (unpaired) electrons. The summed E-state index contributed by atoms with van der Waals surface area (Å²) in [6.45, 7) is 1.50. The molecule has 18 heavy (non-hydrogen) atoms. The molecule has 100 valence electrons. The minimum absolute atomic E-state index is 0.0189. The molecule has 0 aliphatic heterocycles. The molecule has 1 rings (SSSR count). The number of benzene rings is 1. The normalized spacial score (nSPS) is 10.1. The third-order valence-electron chi connectivity index (χ3n) is 2.31. The van der Waals surface area contributed by atoms with Crippen molar-refractivity contribution in [1.82, 2.24) is 5.32 Å². The molecular weight excluding hydrogens is 254 g/mol. The lowest BCUT2D eigenvalue weighted by Gasteiger charge is -2.06. The van der Waals surface area contributed by atoms with Crippen molar-refractivity contribution < 1.29 is 14.3 Å². The zero-order chi connectivity index (χ0) is 13.2. The van der Waals surface area contributed by atoms with Gasteiger partial charge in [0.2, 0.25) is 5.91 Å². The van der Waals surface area contributed by atoms with Crippen LogP contribution >= 0.6 is 11.6 Å². The summed E-state index contributed by atoms with van der Waals surface area (Å²) in [6, 6.07) is 7.43. The number of hydrogen-bond acceptors (Lipinski definition) is 3. The Morgan fingerprint density at radius 2 is 2.00 bits per heavy atom. The molecule has 0 fully saturated rings. The molecule has 4 nitrogen and oxygen atoms in total. The van der Waals surface area contributed by atoms with Gasteiger partial charge in [0.15, 0.2) is 0 Å². The summed E-state index contributed by atoms with van der Waals surface area (Å²) in [6.07, 6.45) is 0.361. The average Bonchev–Trinajstić information content (AvgIpc) is 2.39. The van der Waals surface area contributed by atoms with Crippen molar-refractivity contribution in [2.75, 3.05) is 32.7 Å². The highest BCUT2D eigenvalue weighted by atomic mass is 35.5. The standard InChI is InChI=1S/C13H18ClNO3/c1-17-12-4-2-11(3-5-12)10-13(16)15-7-9-18-8-6-14/h2-5H,6-10H2,1H3,(H,15,16). The Bertz CT molecular complexity index is 354. The second kappa shape index (κ2) is 8.78. The van der Waals surface area contributed by atoms with Gasteiger partial charge in [0.1, 0.15) is 5.75 Å². The summed E-state index contributed by atoms with van der Waals surface area (Å²) in [7, 11) is 1.61. The van der Waals surface area contributed by atoms with E-state index in [-0.39, 0.29) is 5.91 Å². The number of carbonyl (C=O) groups excluding carboxylic acids is 1. The lowest BCUT2D eigenvalue weighted by atomic mass is 10.1. The molecular formula is C13H18ClNO3. The summed E-state index contributed by atoms with van der Waals surface area (Å²) in [5.41, 5.74) is 0.954. The van der Waals surface area contributed by atoms with Crippen molar-refractivity contribution in [3.05, 3.63) is 29.8 Å². The molecule has 1 aromatic rings. The molecule has 0 spiro atoms. The SMILES string of the molecule is COc1ccc(CC(=O)NCCOCCCl)cc1. The van der Waals surface area contributed by atoms with Crippen LogP contribution in [0.1, 0.15) is 5.56 Å². The monoisotopic (exact) mass is 271 g/mol. The molecule has 1 N–H and O–H groups in total. The van der Waals surface area contributed by atoms with Crippen LogP contribution in [0.4, 0.5) is 0 Å². The largest absolute Gasteiger partial charge is 0.497 e. The Labute approximate surface area is 112 Å². The zero-order valence-corrected chi connectivity index (χ0v) is 11.2. The Kier molecular flexibility index (Phi) is 7.22. The van der Waals surface area contributed by atoms with Crippen LogP contribution < -0.4 is 10.1 Å². The van der Waals surface area contributed by atoms with Gasteiger partial charge in [-0.3, -0.25) is 4.79 Å². The van der Waals surface area contributed by atoms with Gasteiger partial charge in [0, 0.05) is 12.4 Å². The van der Waals surface area contributed by atoms with E-state index in [2.05, 4.69) is 5.32 Å². The molecule has 0 saturated carbocycles. The van der Waals surface area contributed by atoms with Crippen LogP contribution in [0.2, 0.25) is 0 Å². The second-order valence-corrected chi connectivity index (χ2v) is 4.05. The van der Waals surface area contributed by atoms with Crippen molar-refractivity contribution in [3.8, 4) is 5.75 Å². The maximum absolute atomic E-state index is 11.6. The Morgan fingerprint density at radius 1 is 1.28 bits per heavy atom. The maximum atomic E-state index is 11.6. The van der Waals surface area contributed by atoms with Crippen LogP contribution in [-0.4, -0.2) is 38.7 Å². The van der Waals surface area contributed by atoms with Gasteiger partial charge in [0.05, 0.1) is 26.7 Å². The summed E-state index contributed by atoms with van der Waals surface area (Å²) < 4.78 is 10.2. The first-order valence-corrected chi connectivity index (χ1v) is 6.33. The molecule has 0 aliphatic rings. The first-order chi connectivity index (χ1) is 8.76. The number of nitrogens with one attached hydrogen (secondary N) is 1. The highest BCUT2D eigenvalue weighted by Gasteiger charge is 2.02. The second-order valence-electron chi connectivity index (χ2n) is 3.68. The molecule has 0 aromatic heterocycles. The van der Waals surface area contributed by atoms with Crippen molar-refractivity contribution in [1.29, 1.82) is 0 Å². The topological polar surface area (TPSA) is 47.6 Å². The Balaban J connectivity index is 2.22. The first-order valence-electron chi connectivity index (χ1n) is 5.79. The summed E-state index contributed by atoms with van der Waals surface area (Å²) >= 11 is 5.45. The third-order valence-corrected chi connectivity index (χ3v) is 2.47. The maximum Gasteiger partial charge on any atom is 0.224 e. The number of hydrogen-bond donors (Lipinski definition) is 1. The van der Waals surface area contributed by atoms with Crippen LogP contribution in [0.25, 0.3) is 0 Å². The molecule has 0 saturated heterocycles. The van der Waals surface area contributed by atoms with E-state index in [0.29, 0.717) is 32.1 Å². The predicted octanol–water partition coefficient (Wildman–Crippen LogP) is 1.61. The summed E-state index contributed by atoms with van der Waals surface area (Å²) in [4.78, 5) is 11.6. The van der Waals surface area contributed by atoms with Crippen LogP contribution in [0.3, 0.4) is 0 Å². The van der Waals surface area contributed by atoms with Gasteiger partial charge in [0.25, 0.3) is 0 Å². The number of rotatable bonds is 8. The molecule has 1 aromatic carbocycles. The molecule has 5 heteroatoms. The predicted molar refractivity (Wildman–Crippen MR) is 71.2 cm³/mol.